The Balaban J connectivity index is 1.88. The van der Waals surface area contributed by atoms with E-state index < -0.39 is 0 Å². The highest BCUT2D eigenvalue weighted by atomic mass is 16.5. The molecule has 0 fully saturated rings. The Labute approximate surface area is 203 Å². The Morgan fingerprint density at radius 2 is 1.38 bits per heavy atom. The average Bonchev–Trinajstić information content (AvgIpc) is 2.87. The predicted octanol–water partition coefficient (Wildman–Crippen LogP) is 6.22. The lowest BCUT2D eigenvalue weighted by atomic mass is 9.74. The molecule has 0 aromatic heterocycles. The first-order valence-electron chi connectivity index (χ1n) is 11.7. The summed E-state index contributed by atoms with van der Waals surface area (Å²) < 4.78 is 22.5. The van der Waals surface area contributed by atoms with E-state index in [4.69, 9.17) is 18.9 Å². The topological polar surface area (TPSA) is 40.2 Å². The summed E-state index contributed by atoms with van der Waals surface area (Å²) in [6, 6.07) is 21.4. The Morgan fingerprint density at radius 1 is 0.765 bits per heavy atom. The van der Waals surface area contributed by atoms with Gasteiger partial charge in [0.05, 0.1) is 28.4 Å². The van der Waals surface area contributed by atoms with E-state index in [2.05, 4.69) is 73.3 Å². The SMILES string of the molecule is COc1ccc([C@@H]2[C@@H](C(C)C)c3cc(OC)c(OC)cc3CN2Cc2ccccc2)cc1OC. The third-order valence-electron chi connectivity index (χ3n) is 6.81. The molecule has 0 aliphatic carbocycles. The number of hydrogen-bond donors (Lipinski definition) is 0. The van der Waals surface area contributed by atoms with Gasteiger partial charge in [-0.2, -0.15) is 0 Å². The molecule has 4 rings (SSSR count). The van der Waals surface area contributed by atoms with E-state index >= 15 is 0 Å². The van der Waals surface area contributed by atoms with Crippen molar-refractivity contribution in [3.63, 3.8) is 0 Å². The minimum Gasteiger partial charge on any atom is -0.493 e. The lowest BCUT2D eigenvalue weighted by molar-refractivity contribution is 0.116. The van der Waals surface area contributed by atoms with Gasteiger partial charge >= 0.3 is 0 Å². The quantitative estimate of drug-likeness (QED) is 0.398. The van der Waals surface area contributed by atoms with E-state index in [0.717, 1.165) is 36.1 Å². The number of ether oxygens (including phenoxy) is 4. The molecule has 0 radical (unpaired) electrons. The molecule has 0 N–H and O–H groups in total. The minimum absolute atomic E-state index is 0.158. The molecule has 1 aliphatic heterocycles. The number of nitrogens with zero attached hydrogens (tertiary/aromatic N) is 1. The first kappa shape index (κ1) is 24.0. The molecule has 0 bridgehead atoms. The van der Waals surface area contributed by atoms with Crippen molar-refractivity contribution in [3.05, 3.63) is 82.9 Å². The first-order chi connectivity index (χ1) is 16.5. The van der Waals surface area contributed by atoms with Crippen LogP contribution in [-0.2, 0) is 13.1 Å². The van der Waals surface area contributed by atoms with Crippen LogP contribution in [0.15, 0.2) is 60.7 Å². The van der Waals surface area contributed by atoms with Crippen molar-refractivity contribution in [1.82, 2.24) is 4.90 Å². The monoisotopic (exact) mass is 461 g/mol. The summed E-state index contributed by atoms with van der Waals surface area (Å²) in [5.74, 6) is 3.69. The van der Waals surface area contributed by atoms with Crippen molar-refractivity contribution >= 4 is 0 Å². The van der Waals surface area contributed by atoms with E-state index in [-0.39, 0.29) is 12.0 Å². The highest BCUT2D eigenvalue weighted by Gasteiger charge is 2.39. The maximum absolute atomic E-state index is 5.69. The van der Waals surface area contributed by atoms with Gasteiger partial charge in [-0.1, -0.05) is 50.2 Å². The van der Waals surface area contributed by atoms with Crippen molar-refractivity contribution in [3.8, 4) is 23.0 Å². The average molecular weight is 462 g/mol. The fourth-order valence-electron chi connectivity index (χ4n) is 5.25. The molecule has 5 nitrogen and oxygen atoms in total. The maximum Gasteiger partial charge on any atom is 0.161 e. The van der Waals surface area contributed by atoms with Crippen LogP contribution >= 0.6 is 0 Å². The van der Waals surface area contributed by atoms with Crippen molar-refractivity contribution in [2.24, 2.45) is 5.92 Å². The summed E-state index contributed by atoms with van der Waals surface area (Å²) in [6.45, 7) is 6.25. The van der Waals surface area contributed by atoms with Crippen LogP contribution in [-0.4, -0.2) is 33.3 Å². The normalized spacial score (nSPS) is 17.9. The Morgan fingerprint density at radius 3 is 2.00 bits per heavy atom. The first-order valence-corrected chi connectivity index (χ1v) is 11.7. The number of methoxy groups -OCH3 is 4. The standard InChI is InChI=1S/C29H35NO4/c1-19(2)28-23-16-27(34-6)26(33-5)15-22(23)18-30(17-20-10-8-7-9-11-20)29(28)21-12-13-24(31-3)25(14-21)32-4/h7-16,19,28-29H,17-18H2,1-6H3/t28-,29+/m0/s1. The molecule has 34 heavy (non-hydrogen) atoms. The van der Waals surface area contributed by atoms with Crippen LogP contribution in [0.3, 0.4) is 0 Å². The summed E-state index contributed by atoms with van der Waals surface area (Å²) in [5.41, 5.74) is 5.10. The van der Waals surface area contributed by atoms with E-state index in [1.54, 1.807) is 28.4 Å². The van der Waals surface area contributed by atoms with Crippen LogP contribution < -0.4 is 18.9 Å². The summed E-state index contributed by atoms with van der Waals surface area (Å²) in [6.07, 6.45) is 0. The molecule has 0 amide bonds. The Hall–Kier alpha value is -3.18. The molecule has 0 saturated carbocycles. The largest absolute Gasteiger partial charge is 0.493 e. The molecular weight excluding hydrogens is 426 g/mol. The second-order valence-electron chi connectivity index (χ2n) is 9.13. The summed E-state index contributed by atoms with van der Waals surface area (Å²) in [4.78, 5) is 2.56. The lowest BCUT2D eigenvalue weighted by Gasteiger charge is -2.45. The van der Waals surface area contributed by atoms with Gasteiger partial charge in [-0.25, -0.2) is 0 Å². The van der Waals surface area contributed by atoms with Crippen molar-refractivity contribution < 1.29 is 18.9 Å². The van der Waals surface area contributed by atoms with Crippen LogP contribution in [0.1, 0.15) is 48.1 Å². The molecular formula is C29H35NO4. The molecule has 0 saturated heterocycles. The molecule has 5 heteroatoms. The van der Waals surface area contributed by atoms with Gasteiger partial charge in [0.2, 0.25) is 0 Å². The third-order valence-corrected chi connectivity index (χ3v) is 6.81. The van der Waals surface area contributed by atoms with E-state index in [1.807, 2.05) is 6.07 Å². The number of rotatable bonds is 8. The van der Waals surface area contributed by atoms with Crippen molar-refractivity contribution in [2.75, 3.05) is 28.4 Å². The highest BCUT2D eigenvalue weighted by Crippen LogP contribution is 2.50. The molecule has 180 valence electrons. The van der Waals surface area contributed by atoms with Crippen LogP contribution in [0.5, 0.6) is 23.0 Å². The Bertz CT molecular complexity index is 1110. The molecule has 3 aromatic carbocycles. The van der Waals surface area contributed by atoms with Crippen LogP contribution in [0, 0.1) is 5.92 Å². The second-order valence-corrected chi connectivity index (χ2v) is 9.13. The van der Waals surface area contributed by atoms with Gasteiger partial charge in [0.1, 0.15) is 0 Å². The van der Waals surface area contributed by atoms with Crippen LogP contribution in [0.25, 0.3) is 0 Å². The van der Waals surface area contributed by atoms with Gasteiger partial charge in [-0.15, -0.1) is 0 Å². The summed E-state index contributed by atoms with van der Waals surface area (Å²) in [7, 11) is 6.76. The fraction of sp³-hybridized carbons (Fsp3) is 0.379. The second kappa shape index (κ2) is 10.4. The molecule has 2 atom stereocenters. The predicted molar refractivity (Wildman–Crippen MR) is 135 cm³/mol. The zero-order valence-corrected chi connectivity index (χ0v) is 21.0. The number of hydrogen-bond acceptors (Lipinski definition) is 5. The van der Waals surface area contributed by atoms with E-state index in [9.17, 15) is 0 Å². The smallest absolute Gasteiger partial charge is 0.161 e. The van der Waals surface area contributed by atoms with E-state index in [1.165, 1.54) is 22.3 Å². The zero-order chi connectivity index (χ0) is 24.2. The number of benzene rings is 3. The van der Waals surface area contributed by atoms with E-state index in [0.29, 0.717) is 5.92 Å². The van der Waals surface area contributed by atoms with Gasteiger partial charge in [0.25, 0.3) is 0 Å². The van der Waals surface area contributed by atoms with Gasteiger partial charge in [0, 0.05) is 25.0 Å². The van der Waals surface area contributed by atoms with Crippen molar-refractivity contribution in [2.45, 2.75) is 38.9 Å². The molecule has 0 unspecified atom stereocenters. The Kier molecular flexibility index (Phi) is 7.32. The summed E-state index contributed by atoms with van der Waals surface area (Å²) in [5, 5.41) is 0. The van der Waals surface area contributed by atoms with Crippen LogP contribution in [0.2, 0.25) is 0 Å². The molecule has 1 heterocycles. The summed E-state index contributed by atoms with van der Waals surface area (Å²) >= 11 is 0. The maximum atomic E-state index is 5.69. The highest BCUT2D eigenvalue weighted by molar-refractivity contribution is 5.52. The van der Waals surface area contributed by atoms with Gasteiger partial charge < -0.3 is 18.9 Å². The van der Waals surface area contributed by atoms with Gasteiger partial charge in [0.15, 0.2) is 23.0 Å². The minimum atomic E-state index is 0.158. The molecule has 3 aromatic rings. The van der Waals surface area contributed by atoms with Crippen molar-refractivity contribution in [1.29, 1.82) is 0 Å². The molecule has 0 spiro atoms. The fourth-order valence-corrected chi connectivity index (χ4v) is 5.25. The lowest BCUT2D eigenvalue weighted by Crippen LogP contribution is -2.38. The number of fused-ring (bicyclic) bond motifs is 1. The molecule has 1 aliphatic rings. The van der Waals surface area contributed by atoms with Gasteiger partial charge in [-0.3, -0.25) is 4.90 Å². The van der Waals surface area contributed by atoms with Gasteiger partial charge in [-0.05, 0) is 52.4 Å². The van der Waals surface area contributed by atoms with Crippen LogP contribution in [0.4, 0.5) is 0 Å². The third kappa shape index (κ3) is 4.58. The zero-order valence-electron chi connectivity index (χ0n) is 21.0.